The van der Waals surface area contributed by atoms with E-state index in [1.165, 1.54) is 6.07 Å². The molecule has 1 saturated carbocycles. The van der Waals surface area contributed by atoms with Gasteiger partial charge in [0.05, 0.1) is 0 Å². The Morgan fingerprint density at radius 3 is 2.65 bits per heavy atom. The maximum atomic E-state index is 13.4. The summed E-state index contributed by atoms with van der Waals surface area (Å²) in [6.45, 7) is 1.65. The third-order valence-electron chi connectivity index (χ3n) is 3.51. The summed E-state index contributed by atoms with van der Waals surface area (Å²) in [5, 5.41) is 12.4. The minimum Gasteiger partial charge on any atom is -0.480 e. The van der Waals surface area contributed by atoms with Crippen LogP contribution in [0.4, 0.5) is 10.1 Å². The zero-order chi connectivity index (χ0) is 12.5. The van der Waals surface area contributed by atoms with Crippen molar-refractivity contribution in [3.05, 3.63) is 29.6 Å². The maximum Gasteiger partial charge on any atom is 0.329 e. The molecule has 0 heterocycles. The highest BCUT2D eigenvalue weighted by Gasteiger charge is 2.41. The van der Waals surface area contributed by atoms with Crippen molar-refractivity contribution in [2.45, 2.75) is 38.1 Å². The van der Waals surface area contributed by atoms with Gasteiger partial charge in [-0.05, 0) is 31.9 Å². The number of hydrogen-bond donors (Lipinski definition) is 2. The van der Waals surface area contributed by atoms with Gasteiger partial charge in [0.2, 0.25) is 0 Å². The van der Waals surface area contributed by atoms with E-state index in [1.807, 2.05) is 0 Å². The second-order valence-electron chi connectivity index (χ2n) is 4.63. The molecule has 1 aliphatic rings. The fourth-order valence-corrected chi connectivity index (χ4v) is 2.37. The van der Waals surface area contributed by atoms with E-state index in [1.54, 1.807) is 19.1 Å². The van der Waals surface area contributed by atoms with Crippen LogP contribution in [0.3, 0.4) is 0 Å². The van der Waals surface area contributed by atoms with Crippen molar-refractivity contribution in [1.82, 2.24) is 0 Å². The Morgan fingerprint density at radius 1 is 1.41 bits per heavy atom. The van der Waals surface area contributed by atoms with E-state index in [-0.39, 0.29) is 5.82 Å². The number of halogens is 1. The molecule has 0 atom stereocenters. The molecule has 1 aromatic rings. The van der Waals surface area contributed by atoms with Gasteiger partial charge < -0.3 is 10.4 Å². The van der Waals surface area contributed by atoms with E-state index in [9.17, 15) is 14.3 Å². The summed E-state index contributed by atoms with van der Waals surface area (Å²) in [6, 6.07) is 4.69. The minimum absolute atomic E-state index is 0.312. The predicted molar refractivity (Wildman–Crippen MR) is 63.6 cm³/mol. The topological polar surface area (TPSA) is 49.3 Å². The Bertz CT molecular complexity index is 439. The Morgan fingerprint density at radius 2 is 2.06 bits per heavy atom. The van der Waals surface area contributed by atoms with Gasteiger partial charge in [-0.1, -0.05) is 18.9 Å². The van der Waals surface area contributed by atoms with Gasteiger partial charge in [-0.2, -0.15) is 0 Å². The van der Waals surface area contributed by atoms with Gasteiger partial charge in [-0.15, -0.1) is 0 Å². The van der Waals surface area contributed by atoms with Gasteiger partial charge in [-0.3, -0.25) is 0 Å². The monoisotopic (exact) mass is 237 g/mol. The summed E-state index contributed by atoms with van der Waals surface area (Å²) in [5.74, 6) is -1.16. The molecule has 0 unspecified atom stereocenters. The van der Waals surface area contributed by atoms with Gasteiger partial charge in [0.1, 0.15) is 11.4 Å². The van der Waals surface area contributed by atoms with E-state index in [0.29, 0.717) is 24.1 Å². The van der Waals surface area contributed by atoms with Gasteiger partial charge in [0.15, 0.2) is 0 Å². The van der Waals surface area contributed by atoms with Crippen LogP contribution in [0.25, 0.3) is 0 Å². The standard InChI is InChI=1S/C13H16FNO2/c1-9-10(14)5-4-6-11(9)15-13(12(16)17)7-2-3-8-13/h4-6,15H,2-3,7-8H2,1H3,(H,16,17). The van der Waals surface area contributed by atoms with Crippen LogP contribution < -0.4 is 5.32 Å². The summed E-state index contributed by atoms with van der Waals surface area (Å²) in [5.41, 5.74) is 0.132. The molecule has 0 saturated heterocycles. The van der Waals surface area contributed by atoms with Gasteiger partial charge in [0, 0.05) is 11.3 Å². The van der Waals surface area contributed by atoms with E-state index < -0.39 is 11.5 Å². The Kier molecular flexibility index (Phi) is 3.05. The molecule has 1 aliphatic carbocycles. The molecular formula is C13H16FNO2. The first kappa shape index (κ1) is 11.9. The van der Waals surface area contributed by atoms with Crippen molar-refractivity contribution in [1.29, 1.82) is 0 Å². The Labute approximate surface area is 99.7 Å². The second-order valence-corrected chi connectivity index (χ2v) is 4.63. The first-order valence-electron chi connectivity index (χ1n) is 5.82. The lowest BCUT2D eigenvalue weighted by atomic mass is 9.96. The Balaban J connectivity index is 2.30. The van der Waals surface area contributed by atoms with Crippen molar-refractivity contribution >= 4 is 11.7 Å². The summed E-state index contributed by atoms with van der Waals surface area (Å²) >= 11 is 0. The highest BCUT2D eigenvalue weighted by atomic mass is 19.1. The van der Waals surface area contributed by atoms with Gasteiger partial charge >= 0.3 is 5.97 Å². The second kappa shape index (κ2) is 4.35. The fraction of sp³-hybridized carbons (Fsp3) is 0.462. The highest BCUT2D eigenvalue weighted by molar-refractivity contribution is 5.83. The average Bonchev–Trinajstić information content (AvgIpc) is 2.75. The number of carboxylic acids is 1. The van der Waals surface area contributed by atoms with E-state index >= 15 is 0 Å². The van der Waals surface area contributed by atoms with Gasteiger partial charge in [0.25, 0.3) is 0 Å². The van der Waals surface area contributed by atoms with Crippen LogP contribution in [0.1, 0.15) is 31.2 Å². The lowest BCUT2D eigenvalue weighted by Gasteiger charge is -2.27. The highest BCUT2D eigenvalue weighted by Crippen LogP contribution is 2.34. The number of benzene rings is 1. The van der Waals surface area contributed by atoms with Crippen LogP contribution in [-0.2, 0) is 4.79 Å². The van der Waals surface area contributed by atoms with Crippen LogP contribution in [0.2, 0.25) is 0 Å². The van der Waals surface area contributed by atoms with Crippen LogP contribution in [-0.4, -0.2) is 16.6 Å². The zero-order valence-corrected chi connectivity index (χ0v) is 9.79. The molecule has 0 bridgehead atoms. The molecule has 17 heavy (non-hydrogen) atoms. The molecule has 0 spiro atoms. The SMILES string of the molecule is Cc1c(F)cccc1NC1(C(=O)O)CCCC1. The number of rotatable bonds is 3. The zero-order valence-electron chi connectivity index (χ0n) is 9.79. The Hall–Kier alpha value is -1.58. The lowest BCUT2D eigenvalue weighted by molar-refractivity contribution is -0.142. The molecule has 4 heteroatoms. The smallest absolute Gasteiger partial charge is 0.329 e. The van der Waals surface area contributed by atoms with Crippen LogP contribution >= 0.6 is 0 Å². The third kappa shape index (κ3) is 2.12. The average molecular weight is 237 g/mol. The third-order valence-corrected chi connectivity index (χ3v) is 3.51. The number of aliphatic carboxylic acids is 1. The minimum atomic E-state index is -0.918. The van der Waals surface area contributed by atoms with Crippen molar-refractivity contribution in [3.8, 4) is 0 Å². The van der Waals surface area contributed by atoms with E-state index in [0.717, 1.165) is 12.8 Å². The first-order chi connectivity index (χ1) is 8.05. The molecule has 1 aromatic carbocycles. The van der Waals surface area contributed by atoms with Crippen molar-refractivity contribution in [3.63, 3.8) is 0 Å². The number of anilines is 1. The maximum absolute atomic E-state index is 13.4. The molecule has 0 radical (unpaired) electrons. The number of carboxylic acid groups (broad SMARTS) is 1. The van der Waals surface area contributed by atoms with Crippen LogP contribution in [0, 0.1) is 12.7 Å². The predicted octanol–water partition coefficient (Wildman–Crippen LogP) is 2.94. The van der Waals surface area contributed by atoms with Crippen molar-refractivity contribution in [2.24, 2.45) is 0 Å². The molecule has 0 aliphatic heterocycles. The molecule has 92 valence electrons. The molecule has 3 nitrogen and oxygen atoms in total. The number of carbonyl (C=O) groups is 1. The lowest BCUT2D eigenvalue weighted by Crippen LogP contribution is -2.43. The number of hydrogen-bond acceptors (Lipinski definition) is 2. The molecule has 0 amide bonds. The van der Waals surface area contributed by atoms with Crippen LogP contribution in [0.5, 0.6) is 0 Å². The van der Waals surface area contributed by atoms with Crippen molar-refractivity contribution < 1.29 is 14.3 Å². The fourth-order valence-electron chi connectivity index (χ4n) is 2.37. The van der Waals surface area contributed by atoms with Crippen LogP contribution in [0.15, 0.2) is 18.2 Å². The molecule has 2 rings (SSSR count). The summed E-state index contributed by atoms with van der Waals surface area (Å²) in [4.78, 5) is 11.4. The van der Waals surface area contributed by atoms with Crippen molar-refractivity contribution in [2.75, 3.05) is 5.32 Å². The van der Waals surface area contributed by atoms with E-state index in [4.69, 9.17) is 0 Å². The van der Waals surface area contributed by atoms with Gasteiger partial charge in [-0.25, -0.2) is 9.18 Å². The number of nitrogens with one attached hydrogen (secondary N) is 1. The molecule has 2 N–H and O–H groups in total. The quantitative estimate of drug-likeness (QED) is 0.849. The normalized spacial score (nSPS) is 18.0. The largest absolute Gasteiger partial charge is 0.480 e. The molecule has 0 aromatic heterocycles. The van der Waals surface area contributed by atoms with E-state index in [2.05, 4.69) is 5.32 Å². The summed E-state index contributed by atoms with van der Waals surface area (Å²) in [7, 11) is 0. The molecule has 1 fully saturated rings. The molecular weight excluding hydrogens is 221 g/mol. The summed E-state index contributed by atoms with van der Waals surface area (Å²) < 4.78 is 13.4. The first-order valence-corrected chi connectivity index (χ1v) is 5.82. The summed E-state index contributed by atoms with van der Waals surface area (Å²) in [6.07, 6.45) is 2.98.